The Hall–Kier alpha value is -2.41. The molecule has 0 bridgehead atoms. The average Bonchev–Trinajstić information content (AvgIpc) is 3.12. The van der Waals surface area contributed by atoms with Crippen molar-refractivity contribution >= 4 is 17.8 Å². The summed E-state index contributed by atoms with van der Waals surface area (Å²) in [6.45, 7) is 8.75. The summed E-state index contributed by atoms with van der Waals surface area (Å²) in [4.78, 5) is 39.5. The third kappa shape index (κ3) is 3.75. The van der Waals surface area contributed by atoms with Gasteiger partial charge in [0.2, 0.25) is 18.0 Å². The largest absolute Gasteiger partial charge is 0.433 e. The number of nitrogens with one attached hydrogen (secondary N) is 1. The third-order valence-electron chi connectivity index (χ3n) is 6.15. The van der Waals surface area contributed by atoms with Crippen molar-refractivity contribution in [2.24, 2.45) is 0 Å². The minimum absolute atomic E-state index is 0.0325. The van der Waals surface area contributed by atoms with Gasteiger partial charge in [-0.05, 0) is 40.2 Å². The second-order valence-electron chi connectivity index (χ2n) is 9.94. The summed E-state index contributed by atoms with van der Waals surface area (Å²) in [5.74, 6) is -0.761. The van der Waals surface area contributed by atoms with Crippen LogP contribution in [0.15, 0.2) is 24.3 Å². The van der Waals surface area contributed by atoms with Crippen LogP contribution in [0.25, 0.3) is 0 Å². The number of likely N-dealkylation sites (tertiary alicyclic amines) is 1. The van der Waals surface area contributed by atoms with Gasteiger partial charge in [0.15, 0.2) is 0 Å². The number of cyclic esters (lactones) is 1. The van der Waals surface area contributed by atoms with Crippen LogP contribution in [0.1, 0.15) is 75.5 Å². The van der Waals surface area contributed by atoms with E-state index in [0.717, 1.165) is 12.8 Å². The van der Waals surface area contributed by atoms with Crippen LogP contribution in [0.2, 0.25) is 0 Å². The van der Waals surface area contributed by atoms with Crippen molar-refractivity contribution in [3.05, 3.63) is 35.4 Å². The maximum Gasteiger partial charge on any atom is 0.340 e. The zero-order chi connectivity index (χ0) is 21.0. The lowest BCUT2D eigenvalue weighted by Crippen LogP contribution is -3.06. The molecule has 1 aromatic rings. The van der Waals surface area contributed by atoms with Crippen LogP contribution in [0, 0.1) is 0 Å². The number of quaternary nitrogens is 1. The molecule has 3 aliphatic heterocycles. The molecule has 3 aliphatic rings. The van der Waals surface area contributed by atoms with E-state index in [0.29, 0.717) is 17.5 Å². The Morgan fingerprint density at radius 1 is 1.14 bits per heavy atom. The Labute approximate surface area is 171 Å². The summed E-state index contributed by atoms with van der Waals surface area (Å²) in [7, 11) is 0. The lowest BCUT2D eigenvalue weighted by atomic mass is 9.79. The monoisotopic (exact) mass is 400 g/mol. The molecule has 29 heavy (non-hydrogen) atoms. The summed E-state index contributed by atoms with van der Waals surface area (Å²) in [5.41, 5.74) is 1.18. The first-order chi connectivity index (χ1) is 13.6. The zero-order valence-corrected chi connectivity index (χ0v) is 17.5. The Bertz CT molecular complexity index is 847. The fourth-order valence-electron chi connectivity index (χ4n) is 5.50. The van der Waals surface area contributed by atoms with E-state index in [1.165, 1.54) is 4.90 Å². The molecule has 7 heteroatoms. The molecule has 2 amide bonds. The van der Waals surface area contributed by atoms with Gasteiger partial charge in [-0.15, -0.1) is 0 Å². The Kier molecular flexibility index (Phi) is 4.69. The highest BCUT2D eigenvalue weighted by molar-refractivity contribution is 5.96. The van der Waals surface area contributed by atoms with E-state index in [1.54, 1.807) is 18.2 Å². The molecule has 4 rings (SSSR count). The highest BCUT2D eigenvalue weighted by Crippen LogP contribution is 2.38. The molecule has 1 aromatic carbocycles. The van der Waals surface area contributed by atoms with Gasteiger partial charge >= 0.3 is 5.97 Å². The van der Waals surface area contributed by atoms with Gasteiger partial charge in [-0.3, -0.25) is 14.5 Å². The van der Waals surface area contributed by atoms with Crippen LogP contribution >= 0.6 is 0 Å². The summed E-state index contributed by atoms with van der Waals surface area (Å²) < 4.78 is 5.50. The van der Waals surface area contributed by atoms with Crippen molar-refractivity contribution < 1.29 is 24.4 Å². The number of amides is 2. The van der Waals surface area contributed by atoms with Crippen LogP contribution in [0.4, 0.5) is 0 Å². The highest BCUT2D eigenvalue weighted by atomic mass is 16.6. The summed E-state index contributed by atoms with van der Waals surface area (Å²) >= 11 is 0. The molecule has 2 atom stereocenters. The summed E-state index contributed by atoms with van der Waals surface area (Å²) in [6, 6.07) is 6.48. The molecule has 0 radical (unpaired) electrons. The van der Waals surface area contributed by atoms with Crippen LogP contribution in [-0.4, -0.2) is 45.8 Å². The lowest BCUT2D eigenvalue weighted by Gasteiger charge is -2.43. The van der Waals surface area contributed by atoms with E-state index < -0.39 is 18.2 Å². The molecule has 0 unspecified atom stereocenters. The van der Waals surface area contributed by atoms with Crippen molar-refractivity contribution in [1.82, 2.24) is 10.2 Å². The molecular formula is C22H30N3O4+. The smallest absolute Gasteiger partial charge is 0.340 e. The lowest BCUT2D eigenvalue weighted by molar-refractivity contribution is -0.787. The molecule has 0 aliphatic carbocycles. The average molecular weight is 400 g/mol. The number of rotatable bonds is 3. The van der Waals surface area contributed by atoms with E-state index in [1.807, 2.05) is 6.07 Å². The molecule has 2 saturated heterocycles. The van der Waals surface area contributed by atoms with Crippen molar-refractivity contribution in [3.63, 3.8) is 0 Å². The fraction of sp³-hybridized carbons (Fsp3) is 0.591. The molecule has 2 fully saturated rings. The number of fused-ring (bicyclic) bond motifs is 1. The van der Waals surface area contributed by atoms with E-state index in [4.69, 9.17) is 4.74 Å². The van der Waals surface area contributed by atoms with Crippen LogP contribution in [-0.2, 0) is 14.3 Å². The van der Waals surface area contributed by atoms with Gasteiger partial charge in [-0.2, -0.15) is 0 Å². The summed E-state index contributed by atoms with van der Waals surface area (Å²) in [6.07, 6.45) is 1.63. The minimum Gasteiger partial charge on any atom is -0.433 e. The van der Waals surface area contributed by atoms with E-state index in [9.17, 15) is 14.4 Å². The molecule has 0 spiro atoms. The number of piperidine rings is 1. The standard InChI is InChI=1S/C22H29N3O4/c1-21(2)11-13(12-22(3,4)24-21)23-18(27)16-9-10-17(26)25(16)19-14-7-5-6-8-15(14)20(28)29-19/h5-8,13,16,19,24H,9-12H2,1-4H3,(H,23,27)/p+1/t16-,19-/m0/s1. The van der Waals surface area contributed by atoms with Crippen LogP contribution < -0.4 is 10.6 Å². The number of benzene rings is 1. The van der Waals surface area contributed by atoms with Gasteiger partial charge in [0.05, 0.1) is 16.6 Å². The van der Waals surface area contributed by atoms with E-state index in [2.05, 4.69) is 38.3 Å². The van der Waals surface area contributed by atoms with Gasteiger partial charge in [0, 0.05) is 30.9 Å². The normalized spacial score (nSPS) is 28.2. The number of ether oxygens (including phenoxy) is 1. The predicted molar refractivity (Wildman–Crippen MR) is 106 cm³/mol. The van der Waals surface area contributed by atoms with Gasteiger partial charge in [-0.1, -0.05) is 18.2 Å². The number of esters is 1. The Morgan fingerprint density at radius 2 is 1.79 bits per heavy atom. The van der Waals surface area contributed by atoms with Crippen molar-refractivity contribution in [2.75, 3.05) is 0 Å². The number of hydrogen-bond donors (Lipinski definition) is 2. The maximum absolute atomic E-state index is 13.2. The molecule has 156 valence electrons. The van der Waals surface area contributed by atoms with Gasteiger partial charge < -0.3 is 15.4 Å². The molecule has 0 aromatic heterocycles. The van der Waals surface area contributed by atoms with Crippen LogP contribution in [0.5, 0.6) is 0 Å². The zero-order valence-electron chi connectivity index (χ0n) is 17.5. The molecule has 7 nitrogen and oxygen atoms in total. The van der Waals surface area contributed by atoms with Crippen molar-refractivity contribution in [2.45, 2.75) is 82.8 Å². The topological polar surface area (TPSA) is 92.3 Å². The van der Waals surface area contributed by atoms with E-state index >= 15 is 0 Å². The molecule has 0 saturated carbocycles. The van der Waals surface area contributed by atoms with Gasteiger partial charge in [0.25, 0.3) is 0 Å². The predicted octanol–water partition coefficient (Wildman–Crippen LogP) is 1.25. The fourth-order valence-corrected chi connectivity index (χ4v) is 5.50. The number of carbonyl (C=O) groups is 3. The van der Waals surface area contributed by atoms with Crippen molar-refractivity contribution in [1.29, 1.82) is 0 Å². The molecular weight excluding hydrogens is 370 g/mol. The first-order valence-corrected chi connectivity index (χ1v) is 10.3. The van der Waals surface area contributed by atoms with Crippen molar-refractivity contribution in [3.8, 4) is 0 Å². The number of carbonyl (C=O) groups excluding carboxylic acids is 3. The second kappa shape index (κ2) is 6.83. The number of hydrogen-bond acceptors (Lipinski definition) is 4. The SMILES string of the molecule is CC1(C)CC(NC(=O)[C@@H]2CCC(=O)N2[C@H]2OC(=O)c3ccccc32)CC(C)(C)[NH2+]1. The first-order valence-electron chi connectivity index (χ1n) is 10.3. The Morgan fingerprint density at radius 3 is 2.48 bits per heavy atom. The minimum atomic E-state index is -0.822. The highest BCUT2D eigenvalue weighted by Gasteiger charge is 2.48. The van der Waals surface area contributed by atoms with Gasteiger partial charge in [0.1, 0.15) is 6.04 Å². The second-order valence-corrected chi connectivity index (χ2v) is 9.94. The van der Waals surface area contributed by atoms with E-state index in [-0.39, 0.29) is 35.4 Å². The quantitative estimate of drug-likeness (QED) is 0.747. The molecule has 3 N–H and O–H groups in total. The molecule has 3 heterocycles. The van der Waals surface area contributed by atoms with Crippen LogP contribution in [0.3, 0.4) is 0 Å². The number of nitrogens with zero attached hydrogens (tertiary/aromatic N) is 1. The summed E-state index contributed by atoms with van der Waals surface area (Å²) in [5, 5.41) is 5.55. The number of nitrogens with two attached hydrogens (primary N) is 1. The Balaban J connectivity index is 1.53. The third-order valence-corrected chi connectivity index (χ3v) is 6.15. The maximum atomic E-state index is 13.2. The van der Waals surface area contributed by atoms with Gasteiger partial charge in [-0.25, -0.2) is 4.79 Å². The first kappa shape index (κ1) is 19.9.